The third-order valence-electron chi connectivity index (χ3n) is 5.89. The number of unbranched alkanes of at least 4 members (excludes halogenated alkanes) is 4. The summed E-state index contributed by atoms with van der Waals surface area (Å²) in [6.45, 7) is 24.1. The van der Waals surface area contributed by atoms with Crippen LogP contribution in [0, 0.1) is 11.8 Å². The SMILES string of the molecule is CC.CC.CC(C)CCCCCOCCOCCCCCNC(=O)C(C)C.CNCCc1cn(CCCNC(C)=O)nn1. The van der Waals surface area contributed by atoms with Crippen molar-refractivity contribution in [1.82, 2.24) is 30.9 Å². The van der Waals surface area contributed by atoms with E-state index < -0.39 is 0 Å². The van der Waals surface area contributed by atoms with Gasteiger partial charge in [-0.15, -0.1) is 5.10 Å². The fourth-order valence-corrected chi connectivity index (χ4v) is 3.50. The maximum atomic E-state index is 11.3. The van der Waals surface area contributed by atoms with Gasteiger partial charge in [0.15, 0.2) is 0 Å². The van der Waals surface area contributed by atoms with Gasteiger partial charge in [-0.05, 0) is 45.1 Å². The van der Waals surface area contributed by atoms with E-state index in [1.165, 1.54) is 26.2 Å². The molecule has 0 aliphatic heterocycles. The van der Waals surface area contributed by atoms with Crippen molar-refractivity contribution in [3.8, 4) is 0 Å². The molecule has 1 aromatic rings. The van der Waals surface area contributed by atoms with Gasteiger partial charge in [-0.2, -0.15) is 0 Å². The molecular formula is C33H70N6O4. The van der Waals surface area contributed by atoms with Gasteiger partial charge in [0.2, 0.25) is 11.8 Å². The summed E-state index contributed by atoms with van der Waals surface area (Å²) in [5, 5.41) is 16.8. The monoisotopic (exact) mass is 615 g/mol. The molecule has 1 heterocycles. The molecule has 10 nitrogen and oxygen atoms in total. The Labute approximate surface area is 265 Å². The van der Waals surface area contributed by atoms with Gasteiger partial charge in [-0.3, -0.25) is 14.3 Å². The van der Waals surface area contributed by atoms with Crippen molar-refractivity contribution >= 4 is 11.8 Å². The van der Waals surface area contributed by atoms with Crippen LogP contribution in [0.5, 0.6) is 0 Å². The molecule has 10 heteroatoms. The van der Waals surface area contributed by atoms with Gasteiger partial charge in [-0.1, -0.05) is 79.9 Å². The standard InChI is InChI=1S/C19H39NO3.C10H19N5O.2C2H6/c1-17(2)11-7-5-9-13-22-15-16-23-14-10-6-8-12-20-19(21)18(3)4;1-9(16)12-5-3-7-15-8-10(13-14-15)4-6-11-2;2*1-2/h17-18H,5-16H2,1-4H3,(H,20,21);8,11H,3-7H2,1-2H3,(H,12,16);2*1-2H3. The third kappa shape index (κ3) is 36.1. The second kappa shape index (κ2) is 36.2. The lowest BCUT2D eigenvalue weighted by Crippen LogP contribution is -2.28. The number of hydrogen-bond acceptors (Lipinski definition) is 7. The minimum atomic E-state index is 0.00768. The van der Waals surface area contributed by atoms with Gasteiger partial charge in [0.05, 0.1) is 18.9 Å². The average molecular weight is 615 g/mol. The van der Waals surface area contributed by atoms with Crippen LogP contribution in [0.3, 0.4) is 0 Å². The first-order chi connectivity index (χ1) is 20.8. The van der Waals surface area contributed by atoms with Crippen LogP contribution in [-0.4, -0.2) is 79.9 Å². The number of nitrogens with one attached hydrogen (secondary N) is 3. The number of rotatable bonds is 23. The summed E-state index contributed by atoms with van der Waals surface area (Å²) < 4.78 is 12.9. The van der Waals surface area contributed by atoms with Crippen LogP contribution in [0.1, 0.15) is 119 Å². The van der Waals surface area contributed by atoms with Crippen LogP contribution in [0.15, 0.2) is 6.20 Å². The Morgan fingerprint density at radius 1 is 0.791 bits per heavy atom. The molecule has 0 radical (unpaired) electrons. The first kappa shape index (κ1) is 45.4. The summed E-state index contributed by atoms with van der Waals surface area (Å²) in [6, 6.07) is 0. The lowest BCUT2D eigenvalue weighted by atomic mass is 10.1. The Morgan fingerprint density at radius 2 is 1.37 bits per heavy atom. The lowest BCUT2D eigenvalue weighted by molar-refractivity contribution is -0.124. The second-order valence-corrected chi connectivity index (χ2v) is 10.6. The maximum Gasteiger partial charge on any atom is 0.222 e. The molecule has 256 valence electrons. The lowest BCUT2D eigenvalue weighted by Gasteiger charge is -2.08. The largest absolute Gasteiger partial charge is 0.379 e. The van der Waals surface area contributed by atoms with Gasteiger partial charge in [0, 0.05) is 64.9 Å². The molecule has 0 saturated carbocycles. The molecule has 43 heavy (non-hydrogen) atoms. The highest BCUT2D eigenvalue weighted by Crippen LogP contribution is 2.07. The molecule has 0 atom stereocenters. The molecule has 0 aliphatic rings. The smallest absolute Gasteiger partial charge is 0.222 e. The number of carbonyl (C=O) groups is 2. The molecule has 0 unspecified atom stereocenters. The molecule has 0 aliphatic carbocycles. The minimum absolute atomic E-state index is 0.00768. The van der Waals surface area contributed by atoms with Crippen LogP contribution in [0.25, 0.3) is 0 Å². The summed E-state index contributed by atoms with van der Waals surface area (Å²) in [5.41, 5.74) is 0.994. The molecule has 0 bridgehead atoms. The summed E-state index contributed by atoms with van der Waals surface area (Å²) in [6.07, 6.45) is 11.9. The van der Waals surface area contributed by atoms with E-state index in [9.17, 15) is 9.59 Å². The van der Waals surface area contributed by atoms with Gasteiger partial charge in [0.1, 0.15) is 0 Å². The highest BCUT2D eigenvalue weighted by Gasteiger charge is 2.04. The Balaban J connectivity index is -0.000000697. The van der Waals surface area contributed by atoms with Gasteiger partial charge in [-0.25, -0.2) is 0 Å². The second-order valence-electron chi connectivity index (χ2n) is 10.6. The van der Waals surface area contributed by atoms with E-state index in [0.717, 1.165) is 83.0 Å². The Hall–Kier alpha value is -2.04. The van der Waals surface area contributed by atoms with E-state index in [1.807, 2.05) is 59.5 Å². The van der Waals surface area contributed by atoms with Crippen molar-refractivity contribution in [2.24, 2.45) is 11.8 Å². The molecule has 0 spiro atoms. The molecular weight excluding hydrogens is 544 g/mol. The van der Waals surface area contributed by atoms with E-state index >= 15 is 0 Å². The number of ether oxygens (including phenoxy) is 2. The molecule has 0 aromatic carbocycles. The normalized spacial score (nSPS) is 10.2. The fraction of sp³-hybridized carbons (Fsp3) is 0.879. The quantitative estimate of drug-likeness (QED) is 0.133. The van der Waals surface area contributed by atoms with Crippen molar-refractivity contribution in [1.29, 1.82) is 0 Å². The molecule has 0 saturated heterocycles. The molecule has 1 rings (SSSR count). The van der Waals surface area contributed by atoms with E-state index in [4.69, 9.17) is 9.47 Å². The van der Waals surface area contributed by atoms with Crippen molar-refractivity contribution < 1.29 is 19.1 Å². The van der Waals surface area contributed by atoms with Crippen LogP contribution >= 0.6 is 0 Å². The highest BCUT2D eigenvalue weighted by atomic mass is 16.5. The van der Waals surface area contributed by atoms with Gasteiger partial charge >= 0.3 is 0 Å². The van der Waals surface area contributed by atoms with E-state index in [1.54, 1.807) is 0 Å². The van der Waals surface area contributed by atoms with Crippen molar-refractivity contribution in [2.75, 3.05) is 53.1 Å². The van der Waals surface area contributed by atoms with Crippen LogP contribution < -0.4 is 16.0 Å². The summed E-state index contributed by atoms with van der Waals surface area (Å²) in [5.74, 6) is 1.04. The third-order valence-corrected chi connectivity index (χ3v) is 5.89. The van der Waals surface area contributed by atoms with Crippen LogP contribution in [-0.2, 0) is 32.0 Å². The van der Waals surface area contributed by atoms with Crippen molar-refractivity contribution in [3.05, 3.63) is 11.9 Å². The van der Waals surface area contributed by atoms with Crippen molar-refractivity contribution in [3.63, 3.8) is 0 Å². The van der Waals surface area contributed by atoms with E-state index in [2.05, 4.69) is 40.1 Å². The Morgan fingerprint density at radius 3 is 1.91 bits per heavy atom. The molecule has 1 aromatic heterocycles. The predicted octanol–water partition coefficient (Wildman–Crippen LogP) is 5.80. The maximum absolute atomic E-state index is 11.3. The zero-order valence-corrected chi connectivity index (χ0v) is 29.7. The number of aromatic nitrogens is 3. The zero-order valence-electron chi connectivity index (χ0n) is 29.7. The number of likely N-dealkylation sites (N-methyl/N-ethyl adjacent to an activating group) is 1. The topological polar surface area (TPSA) is 119 Å². The number of aryl methyl sites for hydroxylation is 1. The van der Waals surface area contributed by atoms with Crippen molar-refractivity contribution in [2.45, 2.75) is 127 Å². The Bertz CT molecular complexity index is 713. The summed E-state index contributed by atoms with van der Waals surface area (Å²) in [7, 11) is 1.91. The zero-order chi connectivity index (χ0) is 33.1. The van der Waals surface area contributed by atoms with E-state index in [0.29, 0.717) is 19.8 Å². The number of carbonyl (C=O) groups excluding carboxylic acids is 2. The fourth-order valence-electron chi connectivity index (χ4n) is 3.50. The van der Waals surface area contributed by atoms with Gasteiger partial charge in [0.25, 0.3) is 0 Å². The Kier molecular flexibility index (Phi) is 38.2. The number of hydrogen-bond donors (Lipinski definition) is 3. The minimum Gasteiger partial charge on any atom is -0.379 e. The number of nitrogens with zero attached hydrogens (tertiary/aromatic N) is 3. The van der Waals surface area contributed by atoms with Gasteiger partial charge < -0.3 is 25.4 Å². The van der Waals surface area contributed by atoms with Crippen LogP contribution in [0.2, 0.25) is 0 Å². The van der Waals surface area contributed by atoms with Crippen LogP contribution in [0.4, 0.5) is 0 Å². The average Bonchev–Trinajstić information content (AvgIpc) is 3.45. The molecule has 3 N–H and O–H groups in total. The molecule has 0 fully saturated rings. The van der Waals surface area contributed by atoms with E-state index in [-0.39, 0.29) is 17.7 Å². The first-order valence-electron chi connectivity index (χ1n) is 17.0. The molecule has 2 amide bonds. The predicted molar refractivity (Wildman–Crippen MR) is 180 cm³/mol. The summed E-state index contributed by atoms with van der Waals surface area (Å²) in [4.78, 5) is 22.0. The highest BCUT2D eigenvalue weighted by molar-refractivity contribution is 5.77. The summed E-state index contributed by atoms with van der Waals surface area (Å²) >= 11 is 0. The first-order valence-corrected chi connectivity index (χ1v) is 17.0. The number of amides is 2.